The first-order valence-electron chi connectivity index (χ1n) is 56.5. The first-order chi connectivity index (χ1) is 68.2. The Morgan fingerprint density at radius 1 is 0.264 bits per heavy atom. The van der Waals surface area contributed by atoms with Crippen molar-refractivity contribution >= 4 is 107 Å². The summed E-state index contributed by atoms with van der Waals surface area (Å²) in [5, 5.41) is 49.3. The van der Waals surface area contributed by atoms with Crippen LogP contribution in [-0.2, 0) is 29.9 Å². The number of carbonyl (C=O) groups is 2. The summed E-state index contributed by atoms with van der Waals surface area (Å²) in [4.78, 5) is 39.3. The fourth-order valence-electron chi connectivity index (χ4n) is 13.3. The number of nitrogens with two attached hydrogens (primary N) is 5. The maximum atomic E-state index is 11.5. The summed E-state index contributed by atoms with van der Waals surface area (Å²) in [5.41, 5.74) is 26.2. The molecule has 0 spiro atoms. The maximum absolute atomic E-state index is 11.5. The molecule has 0 bridgehead atoms. The first-order valence-corrected chi connectivity index (χ1v) is 62.1. The molecule has 0 saturated carbocycles. The van der Waals surface area contributed by atoms with Crippen molar-refractivity contribution in [3.63, 3.8) is 0 Å². The Labute approximate surface area is 1030 Å². The average molecular weight is 2870 g/mol. The molecule has 0 saturated heterocycles. The van der Waals surface area contributed by atoms with Crippen LogP contribution in [0.3, 0.4) is 0 Å². The molecule has 0 aromatic heterocycles. The molecule has 916 valence electrons. The van der Waals surface area contributed by atoms with E-state index in [0.29, 0.717) is 13.1 Å². The Kier molecular flexibility index (Phi) is 185. The molecule has 0 aromatic carbocycles. The largest absolute Gasteiger partial charge is 1.00 e. The Bertz CT molecular complexity index is 2320. The van der Waals surface area contributed by atoms with E-state index in [9.17, 15) is 9.59 Å². The van der Waals surface area contributed by atoms with Gasteiger partial charge in [-0.1, -0.05) is 84.2 Å². The summed E-state index contributed by atoms with van der Waals surface area (Å²) in [7, 11) is 39.6. The minimum Gasteiger partial charge on any atom is -1.00 e. The van der Waals surface area contributed by atoms with Gasteiger partial charge in [0.15, 0.2) is 0 Å². The molecule has 0 heterocycles. The normalized spacial score (nSPS) is 11.1. The molecule has 0 aromatic rings. The number of halogens is 7. The maximum Gasteiger partial charge on any atom is 0.407 e. The molecule has 0 unspecified atom stereocenters. The number of nitrogens with one attached hydrogen (secondary N) is 14. The van der Waals surface area contributed by atoms with E-state index in [1.165, 1.54) is 207 Å². The van der Waals surface area contributed by atoms with Crippen LogP contribution in [0.2, 0.25) is 0 Å². The van der Waals surface area contributed by atoms with Gasteiger partial charge in [0, 0.05) is 88.4 Å². The van der Waals surface area contributed by atoms with Gasteiger partial charge in [-0.05, 0) is 512 Å². The van der Waals surface area contributed by atoms with Crippen LogP contribution in [0, 0.1) is 7.43 Å². The van der Waals surface area contributed by atoms with Gasteiger partial charge < -0.3 is 211 Å². The third-order valence-electron chi connectivity index (χ3n) is 21.5. The van der Waals surface area contributed by atoms with Gasteiger partial charge in [-0.3, -0.25) is 0 Å². The molecule has 32 nitrogen and oxygen atoms in total. The van der Waals surface area contributed by atoms with Crippen LogP contribution in [0.5, 0.6) is 0 Å². The summed E-state index contributed by atoms with van der Waals surface area (Å²) >= 11 is 12.1. The molecule has 0 atom stereocenters. The number of alkyl halides is 4. The zero-order valence-corrected chi connectivity index (χ0v) is 117. The fourth-order valence-corrected chi connectivity index (χ4v) is 14.9. The zero-order chi connectivity index (χ0) is 110. The van der Waals surface area contributed by atoms with Crippen molar-refractivity contribution in [2.45, 2.75) is 259 Å². The molecule has 148 heavy (non-hydrogen) atoms. The molecule has 0 aliphatic heterocycles. The molecule has 0 radical (unpaired) electrons. The zero-order valence-electron chi connectivity index (χ0n) is 102. The number of nitrogens with zero attached hydrogens (tertiary/aromatic N) is 9. The summed E-state index contributed by atoms with van der Waals surface area (Å²) in [5.74, 6) is 0. The predicted octanol–water partition coefficient (Wildman–Crippen LogP) is 6.45. The van der Waals surface area contributed by atoms with Gasteiger partial charge in [0.05, 0.1) is 83.1 Å². The van der Waals surface area contributed by atoms with Crippen molar-refractivity contribution in [1.82, 2.24) is 104 Å². The molecule has 0 aliphatic rings. The van der Waals surface area contributed by atoms with Crippen molar-refractivity contribution in [2.75, 3.05) is 429 Å². The number of rotatable bonds is 91. The molecule has 2 amide bonds. The minimum atomic E-state index is -0.430. The minimum absolute atomic E-state index is 0. The monoisotopic (exact) mass is 2870 g/mol. The van der Waals surface area contributed by atoms with Crippen LogP contribution >= 0.6 is 94.4 Å². The van der Waals surface area contributed by atoms with Crippen LogP contribution in [-0.4, -0.2) is 495 Å². The topological polar surface area (TPSA) is 371 Å². The summed E-state index contributed by atoms with van der Waals surface area (Å²) in [6.45, 7) is 61.3. The van der Waals surface area contributed by atoms with Crippen LogP contribution < -0.4 is 151 Å². The van der Waals surface area contributed by atoms with Crippen molar-refractivity contribution in [1.29, 1.82) is 0 Å². The van der Waals surface area contributed by atoms with E-state index in [0.717, 1.165) is 284 Å². The summed E-state index contributed by atoms with van der Waals surface area (Å²) in [6, 6.07) is 0. The van der Waals surface area contributed by atoms with E-state index in [1.54, 1.807) is 0 Å². The van der Waals surface area contributed by atoms with Crippen LogP contribution in [0.15, 0.2) is 0 Å². The summed E-state index contributed by atoms with van der Waals surface area (Å²) < 4.78 is 13.6. The Balaban J connectivity index is -0.000000106. The molecular weight excluding hydrogens is 2610 g/mol. The molecular formula is C108H261Br3I4N28O4Pd. The van der Waals surface area contributed by atoms with Gasteiger partial charge in [-0.25, -0.2) is 9.59 Å². The van der Waals surface area contributed by atoms with Gasteiger partial charge in [0.25, 0.3) is 0 Å². The Morgan fingerprint density at radius 2 is 0.432 bits per heavy atom. The number of hydrogen-bond donors (Lipinski definition) is 19. The molecule has 0 aliphatic carbocycles. The van der Waals surface area contributed by atoms with E-state index < -0.39 is 11.2 Å². The van der Waals surface area contributed by atoms with Gasteiger partial charge in [0.2, 0.25) is 0 Å². The Morgan fingerprint density at radius 3 is 0.635 bits per heavy atom. The SMILES string of the molecule is BrCCCBr.CC.CC(C)(C)OC(=O)NCCCNCCCCNCCCN.CI.CNCCCN(C)CCCCN(C)CCCN.CNCCCN(C)CCCCN(C)CCCNC(=O)OC(C)(C)C.CNCCCN(C)CCCCN(C)CCC[N+](C)(C)C.C[N+](C)(C)CCCNCCCCNCCCN.C[N+](C)(C)CCCNCCCCNCCCNCCCBr.I.NCCCNCCCCNCCCN.[CH3-].[I-].[I-].[Pd]. The third kappa shape index (κ3) is 205. The number of ether oxygens (including phenoxy) is 2. The molecule has 0 rings (SSSR count). The number of alkyl carbamates (subject to hydrolysis) is 2. The number of quaternary nitrogens is 3. The van der Waals surface area contributed by atoms with Crippen molar-refractivity contribution in [3.8, 4) is 0 Å². The first kappa shape index (κ1) is 183. The molecule has 24 N–H and O–H groups in total. The number of hydrogen-bond acceptors (Lipinski definition) is 27. The van der Waals surface area contributed by atoms with Gasteiger partial charge in [0.1, 0.15) is 11.2 Å². The number of unbranched alkanes of at least 4 members (excludes halogenated alkanes) is 7. The van der Waals surface area contributed by atoms with E-state index >= 15 is 0 Å². The fraction of sp³-hybridized carbons (Fsp3) is 0.972. The molecule has 0 fully saturated rings. The van der Waals surface area contributed by atoms with Crippen LogP contribution in [0.4, 0.5) is 9.59 Å². The van der Waals surface area contributed by atoms with Gasteiger partial charge >= 0.3 is 12.2 Å². The van der Waals surface area contributed by atoms with E-state index in [1.807, 2.05) is 81.5 Å². The standard InChI is InChI=1S/C18H40N4O2.C16H38BrN4.C16H39N4.C15H34N4O2.C13H32N4.C13H33N4.C10H26N4.C3H6Br2.C2H6.CH3I.CH3.3HI.Pd/c1-18(2,3)24-17(23)20-12-10-16-22(6)14-8-7-13-21(5)15-9-11-19-4;1-21(2,3)16-8-15-19-11-5-4-10-18-13-7-14-20-12-6-9-17;1-17-11-9-14-18(2)12-7-8-13-19(3)15-10-16-20(4,5)6;1-15(2,3)21-14(20)19-13-7-12-18-10-5-4-9-17-11-6-8-16;1-15-9-7-13-17(3)11-5-4-10-16(2)12-6-8-14;1-17(2,3)13-7-12-16-10-5-4-9-15-11-6-8-14;11-5-3-9-13-7-1-2-8-14-10-4-6-12;4-2-1-3-5;2*1-2;;;;;/h19H,7-16H2,1-6H3,(H,20,23);18-20H,4-16H2,1-3H3;17H,7-16H2,1-6H3;17-18H,4-13,16H2,1-3H3,(H,19,20);15H,4-14H2,1-3H3;15-16H,4-14H2,1-3H3;13-14H,1-12H2;1-3H2;1-2H3;1H3;1H3;3*1H;/q;2*+1;;;+1;;;;;-1;;;;/p-2. The number of carbonyl (C=O) groups excluding carboxylic acids is 2. The van der Waals surface area contributed by atoms with Crippen LogP contribution in [0.1, 0.15) is 248 Å². The summed E-state index contributed by atoms with van der Waals surface area (Å²) in [6.07, 6.45) is 35.3. The quantitative estimate of drug-likeness (QED) is 0.00777. The van der Waals surface area contributed by atoms with Gasteiger partial charge in [-0.15, -0.1) is 24.0 Å². The van der Waals surface area contributed by atoms with E-state index in [-0.39, 0.29) is 112 Å². The average Bonchev–Trinajstić information content (AvgIpc) is 0.947. The molecule has 40 heteroatoms. The number of amides is 2. The third-order valence-corrected chi connectivity index (χ3v) is 23.2. The second-order valence-corrected chi connectivity index (χ2v) is 44.8. The van der Waals surface area contributed by atoms with Gasteiger partial charge in [-0.2, -0.15) is 0 Å². The second-order valence-electron chi connectivity index (χ2n) is 42.4. The van der Waals surface area contributed by atoms with E-state index in [2.05, 4.69) is 280 Å². The predicted molar refractivity (Wildman–Crippen MR) is 678 cm³/mol. The van der Waals surface area contributed by atoms with Crippen molar-refractivity contribution in [3.05, 3.63) is 7.43 Å². The van der Waals surface area contributed by atoms with Crippen molar-refractivity contribution in [2.24, 2.45) is 28.7 Å². The van der Waals surface area contributed by atoms with Crippen LogP contribution in [0.25, 0.3) is 0 Å². The van der Waals surface area contributed by atoms with E-state index in [4.69, 9.17) is 38.1 Å². The second kappa shape index (κ2) is 150. The Hall–Kier alpha value is 2.52. The van der Waals surface area contributed by atoms with Crippen molar-refractivity contribution < 1.29 is 101 Å². The smallest absolute Gasteiger partial charge is 0.407 e.